The molecule has 0 aromatic carbocycles. The molecule has 0 radical (unpaired) electrons. The van der Waals surface area contributed by atoms with E-state index in [2.05, 4.69) is 46.9 Å². The summed E-state index contributed by atoms with van der Waals surface area (Å²) in [6.07, 6.45) is 6.70. The minimum atomic E-state index is 0.510. The molecule has 0 saturated heterocycles. The lowest BCUT2D eigenvalue weighted by molar-refractivity contribution is 0.492. The second kappa shape index (κ2) is 8.04. The Balaban J connectivity index is 2.52. The van der Waals surface area contributed by atoms with Crippen molar-refractivity contribution >= 4 is 27.3 Å². The first-order chi connectivity index (χ1) is 7.77. The summed E-state index contributed by atoms with van der Waals surface area (Å²) in [6.45, 7) is 7.07. The molecule has 0 saturated carbocycles. The highest BCUT2D eigenvalue weighted by atomic mass is 79.9. The Bertz CT molecular complexity index is 309. The van der Waals surface area contributed by atoms with Crippen LogP contribution in [0.5, 0.6) is 0 Å². The van der Waals surface area contributed by atoms with E-state index in [1.807, 2.05) is 17.4 Å². The van der Waals surface area contributed by atoms with Gasteiger partial charge in [0.15, 0.2) is 0 Å². The maximum atomic E-state index is 3.77. The summed E-state index contributed by atoms with van der Waals surface area (Å²) in [5.74, 6) is 0. The van der Waals surface area contributed by atoms with Gasteiger partial charge < -0.3 is 5.32 Å². The molecule has 0 aliphatic rings. The Morgan fingerprint density at radius 3 is 2.94 bits per heavy atom. The van der Waals surface area contributed by atoms with Crippen molar-refractivity contribution in [1.29, 1.82) is 0 Å². The normalized spacial score (nSPS) is 12.6. The smallest absolute Gasteiger partial charge is 0.0701 e. The monoisotopic (exact) mass is 301 g/mol. The minimum absolute atomic E-state index is 0.510. The number of thiophene rings is 1. The van der Waals surface area contributed by atoms with E-state index in [1.165, 1.54) is 27.9 Å². The molecule has 1 atom stereocenters. The summed E-state index contributed by atoms with van der Waals surface area (Å²) in [5, 5.41) is 3.61. The lowest BCUT2D eigenvalue weighted by atomic mass is 10.1. The highest BCUT2D eigenvalue weighted by Gasteiger charge is 2.11. The quantitative estimate of drug-likeness (QED) is 0.531. The molecule has 0 spiro atoms. The molecule has 1 unspecified atom stereocenters. The van der Waals surface area contributed by atoms with Crippen molar-refractivity contribution in [3.63, 3.8) is 0 Å². The third-order valence-corrected chi connectivity index (χ3v) is 4.22. The average molecular weight is 302 g/mol. The zero-order valence-electron chi connectivity index (χ0n) is 9.84. The van der Waals surface area contributed by atoms with Crippen molar-refractivity contribution in [2.45, 2.75) is 38.6 Å². The summed E-state index contributed by atoms with van der Waals surface area (Å²) in [6, 6.07) is 4.86. The molecule has 0 aliphatic carbocycles. The Labute approximate surface area is 111 Å². The van der Waals surface area contributed by atoms with Crippen molar-refractivity contribution < 1.29 is 0 Å². The SMILES string of the molecule is C=CCCCC(NCCC)c1ccc(Br)s1. The first kappa shape index (κ1) is 13.9. The molecule has 1 aromatic heterocycles. The van der Waals surface area contributed by atoms with Crippen LogP contribution in [-0.4, -0.2) is 6.54 Å². The topological polar surface area (TPSA) is 12.0 Å². The summed E-state index contributed by atoms with van der Waals surface area (Å²) in [5.41, 5.74) is 0. The van der Waals surface area contributed by atoms with Crippen LogP contribution in [0.15, 0.2) is 28.6 Å². The van der Waals surface area contributed by atoms with Gasteiger partial charge >= 0.3 is 0 Å². The lowest BCUT2D eigenvalue weighted by Gasteiger charge is -2.16. The molecule has 1 rings (SSSR count). The Hall–Kier alpha value is -0.120. The number of hydrogen-bond acceptors (Lipinski definition) is 2. The number of unbranched alkanes of at least 4 members (excludes halogenated alkanes) is 1. The zero-order valence-corrected chi connectivity index (χ0v) is 12.2. The predicted molar refractivity (Wildman–Crippen MR) is 77.1 cm³/mol. The number of nitrogens with one attached hydrogen (secondary N) is 1. The number of allylic oxidation sites excluding steroid dienone is 1. The highest BCUT2D eigenvalue weighted by molar-refractivity contribution is 9.11. The number of rotatable bonds is 8. The second-order valence-electron chi connectivity index (χ2n) is 3.87. The molecule has 90 valence electrons. The van der Waals surface area contributed by atoms with E-state index in [1.54, 1.807) is 0 Å². The molecule has 0 amide bonds. The molecule has 1 aromatic rings. The first-order valence-corrected chi connectivity index (χ1v) is 7.48. The summed E-state index contributed by atoms with van der Waals surface area (Å²) >= 11 is 5.36. The van der Waals surface area contributed by atoms with E-state index in [4.69, 9.17) is 0 Å². The standard InChI is InChI=1S/C13H20BrNS/c1-3-5-6-7-11(15-10-4-2)12-8-9-13(14)16-12/h3,8-9,11,15H,1,4-7,10H2,2H3. The third-order valence-electron chi connectivity index (χ3n) is 2.48. The van der Waals surface area contributed by atoms with Gasteiger partial charge in [-0.15, -0.1) is 17.9 Å². The Kier molecular flexibility index (Phi) is 7.01. The fourth-order valence-corrected chi connectivity index (χ4v) is 3.18. The fourth-order valence-electron chi connectivity index (χ4n) is 1.65. The zero-order chi connectivity index (χ0) is 11.8. The van der Waals surface area contributed by atoms with Crippen molar-refractivity contribution in [3.8, 4) is 0 Å². The van der Waals surface area contributed by atoms with E-state index >= 15 is 0 Å². The average Bonchev–Trinajstić information content (AvgIpc) is 2.70. The second-order valence-corrected chi connectivity index (χ2v) is 6.36. The molecule has 3 heteroatoms. The van der Waals surface area contributed by atoms with Crippen molar-refractivity contribution in [3.05, 3.63) is 33.5 Å². The predicted octanol–water partition coefficient (Wildman–Crippen LogP) is 4.91. The molecule has 0 fully saturated rings. The van der Waals surface area contributed by atoms with Crippen LogP contribution >= 0.6 is 27.3 Å². The van der Waals surface area contributed by atoms with Crippen molar-refractivity contribution in [2.75, 3.05) is 6.54 Å². The van der Waals surface area contributed by atoms with Crippen LogP contribution in [0.4, 0.5) is 0 Å². The van der Waals surface area contributed by atoms with Crippen molar-refractivity contribution in [1.82, 2.24) is 5.32 Å². The lowest BCUT2D eigenvalue weighted by Crippen LogP contribution is -2.21. The molecule has 1 nitrogen and oxygen atoms in total. The molecular formula is C13H20BrNS. The third kappa shape index (κ3) is 4.81. The molecule has 0 aliphatic heterocycles. The molecule has 1 heterocycles. The van der Waals surface area contributed by atoms with Crippen LogP contribution in [0.2, 0.25) is 0 Å². The fraction of sp³-hybridized carbons (Fsp3) is 0.538. The van der Waals surface area contributed by atoms with E-state index in [9.17, 15) is 0 Å². The van der Waals surface area contributed by atoms with E-state index in [-0.39, 0.29) is 0 Å². The van der Waals surface area contributed by atoms with Crippen LogP contribution in [0.1, 0.15) is 43.5 Å². The summed E-state index contributed by atoms with van der Waals surface area (Å²) in [4.78, 5) is 1.43. The highest BCUT2D eigenvalue weighted by Crippen LogP contribution is 2.30. The van der Waals surface area contributed by atoms with E-state index < -0.39 is 0 Å². The van der Waals surface area contributed by atoms with Crippen molar-refractivity contribution in [2.24, 2.45) is 0 Å². The molecular weight excluding hydrogens is 282 g/mol. The van der Waals surface area contributed by atoms with E-state index in [0.717, 1.165) is 13.0 Å². The van der Waals surface area contributed by atoms with Gasteiger partial charge in [-0.25, -0.2) is 0 Å². The van der Waals surface area contributed by atoms with Gasteiger partial charge in [0, 0.05) is 10.9 Å². The van der Waals surface area contributed by atoms with Crippen LogP contribution in [-0.2, 0) is 0 Å². The first-order valence-electron chi connectivity index (χ1n) is 5.87. The maximum absolute atomic E-state index is 3.77. The molecule has 1 N–H and O–H groups in total. The molecule has 0 bridgehead atoms. The minimum Gasteiger partial charge on any atom is -0.309 e. The van der Waals surface area contributed by atoms with Gasteiger partial charge in [0.1, 0.15) is 0 Å². The van der Waals surface area contributed by atoms with Gasteiger partial charge in [-0.05, 0) is 60.3 Å². The number of hydrogen-bond donors (Lipinski definition) is 1. The van der Waals surface area contributed by atoms with Gasteiger partial charge in [-0.2, -0.15) is 0 Å². The van der Waals surface area contributed by atoms with Gasteiger partial charge in [0.25, 0.3) is 0 Å². The number of halogens is 1. The van der Waals surface area contributed by atoms with Crippen LogP contribution in [0.25, 0.3) is 0 Å². The van der Waals surface area contributed by atoms with E-state index in [0.29, 0.717) is 6.04 Å². The van der Waals surface area contributed by atoms with Crippen LogP contribution < -0.4 is 5.32 Å². The van der Waals surface area contributed by atoms with Gasteiger partial charge in [-0.3, -0.25) is 0 Å². The summed E-state index contributed by atoms with van der Waals surface area (Å²) < 4.78 is 1.22. The van der Waals surface area contributed by atoms with Gasteiger partial charge in [0.2, 0.25) is 0 Å². The maximum Gasteiger partial charge on any atom is 0.0701 e. The Morgan fingerprint density at radius 2 is 2.38 bits per heavy atom. The largest absolute Gasteiger partial charge is 0.309 e. The summed E-state index contributed by atoms with van der Waals surface area (Å²) in [7, 11) is 0. The van der Waals surface area contributed by atoms with Crippen LogP contribution in [0, 0.1) is 0 Å². The van der Waals surface area contributed by atoms with Gasteiger partial charge in [0.05, 0.1) is 3.79 Å². The molecule has 16 heavy (non-hydrogen) atoms. The Morgan fingerprint density at radius 1 is 1.56 bits per heavy atom. The van der Waals surface area contributed by atoms with Gasteiger partial charge in [-0.1, -0.05) is 13.0 Å². The van der Waals surface area contributed by atoms with Crippen LogP contribution in [0.3, 0.4) is 0 Å².